The average Bonchev–Trinajstić information content (AvgIpc) is 3.31. The Bertz CT molecular complexity index is 1710. The number of nitrogens with one attached hydrogen (secondary N) is 1. The summed E-state index contributed by atoms with van der Waals surface area (Å²) in [5.74, 6) is -0.195. The van der Waals surface area contributed by atoms with Crippen molar-refractivity contribution in [2.45, 2.75) is 0 Å². The van der Waals surface area contributed by atoms with E-state index in [1.165, 1.54) is 6.20 Å². The molecular formula is C26H16ClN5O4. The number of amides is 1. The van der Waals surface area contributed by atoms with E-state index < -0.39 is 5.91 Å². The van der Waals surface area contributed by atoms with Crippen molar-refractivity contribution in [2.24, 2.45) is 5.73 Å². The molecule has 9 nitrogen and oxygen atoms in total. The zero-order valence-electron chi connectivity index (χ0n) is 18.5. The number of carbonyl (C=O) groups excluding carboxylic acids is 2. The number of H-pyrrole nitrogens is 1. The Morgan fingerprint density at radius 1 is 1.06 bits per heavy atom. The monoisotopic (exact) mass is 497 g/mol. The molecule has 3 N–H and O–H groups in total. The van der Waals surface area contributed by atoms with Crippen molar-refractivity contribution in [3.05, 3.63) is 88.7 Å². The van der Waals surface area contributed by atoms with E-state index in [1.54, 1.807) is 60.8 Å². The van der Waals surface area contributed by atoms with Crippen LogP contribution in [-0.2, 0) is 0 Å². The van der Waals surface area contributed by atoms with Gasteiger partial charge in [0.25, 0.3) is 11.8 Å². The predicted octanol–water partition coefficient (Wildman–Crippen LogP) is 4.79. The zero-order valence-corrected chi connectivity index (χ0v) is 19.2. The van der Waals surface area contributed by atoms with Crippen LogP contribution in [0, 0.1) is 11.3 Å². The summed E-state index contributed by atoms with van der Waals surface area (Å²) in [4.78, 5) is 28.0. The summed E-state index contributed by atoms with van der Waals surface area (Å²) in [6.45, 7) is -0.317. The molecule has 2 heterocycles. The molecule has 0 saturated carbocycles. The fourth-order valence-electron chi connectivity index (χ4n) is 3.76. The second-order valence-electron chi connectivity index (χ2n) is 7.79. The van der Waals surface area contributed by atoms with Gasteiger partial charge in [0.15, 0.2) is 6.61 Å². The second-order valence-corrected chi connectivity index (χ2v) is 8.20. The molecule has 0 unspecified atom stereocenters. The number of halogens is 1. The highest BCUT2D eigenvalue weighted by Crippen LogP contribution is 2.30. The van der Waals surface area contributed by atoms with Crippen LogP contribution in [0.2, 0.25) is 5.02 Å². The number of aromatic nitrogens is 3. The summed E-state index contributed by atoms with van der Waals surface area (Å²) in [6, 6.07) is 17.0. The number of nitrogens with zero attached hydrogens (tertiary/aromatic N) is 3. The van der Waals surface area contributed by atoms with E-state index in [2.05, 4.69) is 21.3 Å². The number of ketones is 1. The highest BCUT2D eigenvalue weighted by atomic mass is 35.5. The van der Waals surface area contributed by atoms with Gasteiger partial charge in [0.2, 0.25) is 5.78 Å². The first-order chi connectivity index (χ1) is 17.4. The maximum absolute atomic E-state index is 13.0. The molecule has 36 heavy (non-hydrogen) atoms. The third-order valence-electron chi connectivity index (χ3n) is 5.50. The first-order valence-electron chi connectivity index (χ1n) is 10.6. The standard InChI is InChI=1S/C26H16ClN5O4/c27-21-5-6-31-32-26(21)36-17-3-4-18-20(12-30-22(18)10-17)23(33)13-35-24-9-15-2-1-14(11-28)7-16(15)8-19(24)25(29)34/h1-10,12,30H,13H2,(H2,29,34). The number of fused-ring (bicyclic) bond motifs is 2. The Morgan fingerprint density at radius 3 is 2.69 bits per heavy atom. The third-order valence-corrected chi connectivity index (χ3v) is 5.79. The van der Waals surface area contributed by atoms with Crippen LogP contribution < -0.4 is 15.2 Å². The molecule has 0 aliphatic carbocycles. The number of hydrogen-bond donors (Lipinski definition) is 2. The van der Waals surface area contributed by atoms with Gasteiger partial charge >= 0.3 is 0 Å². The van der Waals surface area contributed by atoms with Gasteiger partial charge in [-0.3, -0.25) is 9.59 Å². The molecule has 0 bridgehead atoms. The van der Waals surface area contributed by atoms with Crippen molar-refractivity contribution in [1.29, 1.82) is 5.26 Å². The minimum absolute atomic E-state index is 0.119. The van der Waals surface area contributed by atoms with Gasteiger partial charge in [-0.15, -0.1) is 5.10 Å². The topological polar surface area (TPSA) is 144 Å². The fraction of sp³-hybridized carbons (Fsp3) is 0.0385. The van der Waals surface area contributed by atoms with Crippen molar-refractivity contribution < 1.29 is 19.1 Å². The lowest BCUT2D eigenvalue weighted by Gasteiger charge is -2.11. The minimum Gasteiger partial charge on any atom is -0.485 e. The number of nitriles is 1. The van der Waals surface area contributed by atoms with Crippen molar-refractivity contribution in [3.63, 3.8) is 0 Å². The highest BCUT2D eigenvalue weighted by molar-refractivity contribution is 6.31. The molecule has 1 amide bonds. The number of benzene rings is 3. The van der Waals surface area contributed by atoms with Crippen LogP contribution in [-0.4, -0.2) is 33.5 Å². The van der Waals surface area contributed by atoms with E-state index in [1.807, 2.05) is 0 Å². The number of primary amides is 1. The number of Topliss-reactive ketones (excluding diaryl/α,β-unsaturated/α-hetero) is 1. The number of hydrogen-bond acceptors (Lipinski definition) is 7. The van der Waals surface area contributed by atoms with E-state index in [4.69, 9.17) is 32.1 Å². The van der Waals surface area contributed by atoms with Crippen LogP contribution in [0.5, 0.6) is 17.4 Å². The second kappa shape index (κ2) is 9.37. The van der Waals surface area contributed by atoms with Crippen LogP contribution in [0.4, 0.5) is 0 Å². The van der Waals surface area contributed by atoms with Crippen LogP contribution in [0.25, 0.3) is 21.7 Å². The van der Waals surface area contributed by atoms with Gasteiger partial charge in [0, 0.05) is 28.7 Å². The number of ether oxygens (including phenoxy) is 2. The fourth-order valence-corrected chi connectivity index (χ4v) is 3.90. The summed E-state index contributed by atoms with van der Waals surface area (Å²) in [6.07, 6.45) is 3.03. The Kier molecular flexibility index (Phi) is 5.94. The van der Waals surface area contributed by atoms with Gasteiger partial charge in [-0.2, -0.15) is 10.4 Å². The smallest absolute Gasteiger partial charge is 0.257 e. The van der Waals surface area contributed by atoms with Crippen LogP contribution in [0.1, 0.15) is 26.3 Å². The molecule has 0 aliphatic heterocycles. The lowest BCUT2D eigenvalue weighted by atomic mass is 10.0. The van der Waals surface area contributed by atoms with Gasteiger partial charge < -0.3 is 20.2 Å². The molecular weight excluding hydrogens is 482 g/mol. The Labute approximate surface area is 209 Å². The van der Waals surface area contributed by atoms with Gasteiger partial charge in [-0.05, 0) is 53.2 Å². The number of nitrogens with two attached hydrogens (primary N) is 1. The van der Waals surface area contributed by atoms with Crippen LogP contribution in [0.3, 0.4) is 0 Å². The maximum Gasteiger partial charge on any atom is 0.257 e. The van der Waals surface area contributed by atoms with Crippen LogP contribution in [0.15, 0.2) is 67.0 Å². The summed E-state index contributed by atoms with van der Waals surface area (Å²) in [5, 5.41) is 19.1. The number of carbonyl (C=O) groups is 2. The Morgan fingerprint density at radius 2 is 1.92 bits per heavy atom. The molecule has 3 aromatic carbocycles. The normalized spacial score (nSPS) is 10.8. The molecule has 0 saturated heterocycles. The van der Waals surface area contributed by atoms with E-state index >= 15 is 0 Å². The van der Waals surface area contributed by atoms with Gasteiger partial charge in [-0.25, -0.2) is 0 Å². The summed E-state index contributed by atoms with van der Waals surface area (Å²) in [7, 11) is 0. The summed E-state index contributed by atoms with van der Waals surface area (Å²) < 4.78 is 11.4. The zero-order chi connectivity index (χ0) is 25.2. The third kappa shape index (κ3) is 4.41. The molecule has 10 heteroatoms. The molecule has 0 spiro atoms. The summed E-state index contributed by atoms with van der Waals surface area (Å²) >= 11 is 6.06. The molecule has 5 rings (SSSR count). The first-order valence-corrected chi connectivity index (χ1v) is 11.0. The SMILES string of the molecule is N#Cc1ccc2cc(OCC(=O)c3c[nH]c4cc(Oc5nnccc5Cl)ccc34)c(C(N)=O)cc2c1. The van der Waals surface area contributed by atoms with E-state index in [9.17, 15) is 9.59 Å². The number of aromatic amines is 1. The van der Waals surface area contributed by atoms with Gasteiger partial charge in [0.1, 0.15) is 16.5 Å². The quantitative estimate of drug-likeness (QED) is 0.307. The Hall–Kier alpha value is -4.94. The van der Waals surface area contributed by atoms with Crippen LogP contribution >= 0.6 is 11.6 Å². The van der Waals surface area contributed by atoms with E-state index in [0.717, 1.165) is 5.39 Å². The molecule has 0 radical (unpaired) electrons. The van der Waals surface area contributed by atoms with Crippen molar-refractivity contribution in [2.75, 3.05) is 6.61 Å². The molecule has 0 atom stereocenters. The molecule has 176 valence electrons. The lowest BCUT2D eigenvalue weighted by molar-refractivity contribution is 0.0914. The Balaban J connectivity index is 1.37. The highest BCUT2D eigenvalue weighted by Gasteiger charge is 2.17. The van der Waals surface area contributed by atoms with Crippen molar-refractivity contribution in [3.8, 4) is 23.4 Å². The lowest BCUT2D eigenvalue weighted by Crippen LogP contribution is -2.16. The molecule has 5 aromatic rings. The molecule has 2 aromatic heterocycles. The van der Waals surface area contributed by atoms with E-state index in [0.29, 0.717) is 38.2 Å². The first kappa shape index (κ1) is 22.8. The predicted molar refractivity (Wildman–Crippen MR) is 132 cm³/mol. The van der Waals surface area contributed by atoms with Gasteiger partial charge in [0.05, 0.1) is 23.4 Å². The van der Waals surface area contributed by atoms with Crippen molar-refractivity contribution >= 4 is 45.0 Å². The van der Waals surface area contributed by atoms with E-state index in [-0.39, 0.29) is 29.6 Å². The largest absolute Gasteiger partial charge is 0.485 e. The summed E-state index contributed by atoms with van der Waals surface area (Å²) in [5.41, 5.74) is 7.17. The molecule has 0 aliphatic rings. The maximum atomic E-state index is 13.0. The number of rotatable bonds is 7. The minimum atomic E-state index is -0.704. The van der Waals surface area contributed by atoms with Gasteiger partial charge in [-0.1, -0.05) is 17.7 Å². The average molecular weight is 498 g/mol. The molecule has 0 fully saturated rings. The van der Waals surface area contributed by atoms with Crippen molar-refractivity contribution in [1.82, 2.24) is 15.2 Å².